The summed E-state index contributed by atoms with van der Waals surface area (Å²) in [4.78, 5) is 36.4. The highest BCUT2D eigenvalue weighted by molar-refractivity contribution is 5.99. The molecule has 2 aromatic carbocycles. The number of carbonyl (C=O) groups excluding carboxylic acids is 3. The predicted molar refractivity (Wildman–Crippen MR) is 110 cm³/mol. The van der Waals surface area contributed by atoms with E-state index in [0.717, 1.165) is 0 Å². The molecule has 1 unspecified atom stereocenters. The van der Waals surface area contributed by atoms with E-state index in [-0.39, 0.29) is 12.2 Å². The maximum absolute atomic E-state index is 12.5. The molecule has 0 radical (unpaired) electrons. The van der Waals surface area contributed by atoms with Crippen molar-refractivity contribution in [3.63, 3.8) is 0 Å². The van der Waals surface area contributed by atoms with Crippen LogP contribution in [-0.4, -0.2) is 44.9 Å². The minimum absolute atomic E-state index is 0.169. The number of ether oxygens (including phenoxy) is 4. The quantitative estimate of drug-likeness (QED) is 0.634. The standard InChI is InChI=1S/C21H24N2O7/c1-5-29-21(26)22-15-8-6-7-14(11-15)20(25)30-13(2)19(24)23-17-12-16(27-3)9-10-18(17)28-4/h6-13H,5H2,1-4H3,(H,22,26)(H,23,24). The van der Waals surface area contributed by atoms with Gasteiger partial charge in [-0.15, -0.1) is 0 Å². The number of carbonyl (C=O) groups is 3. The molecule has 2 aromatic rings. The molecule has 9 heteroatoms. The molecule has 30 heavy (non-hydrogen) atoms. The molecule has 0 spiro atoms. The van der Waals surface area contributed by atoms with Gasteiger partial charge in [0.15, 0.2) is 6.10 Å². The van der Waals surface area contributed by atoms with Crippen LogP contribution >= 0.6 is 0 Å². The van der Waals surface area contributed by atoms with Crippen LogP contribution < -0.4 is 20.1 Å². The van der Waals surface area contributed by atoms with Crippen molar-refractivity contribution in [2.75, 3.05) is 31.5 Å². The number of methoxy groups -OCH3 is 2. The molecule has 0 aliphatic heterocycles. The smallest absolute Gasteiger partial charge is 0.411 e. The van der Waals surface area contributed by atoms with Gasteiger partial charge in [0, 0.05) is 11.8 Å². The van der Waals surface area contributed by atoms with E-state index in [1.54, 1.807) is 37.3 Å². The molecule has 0 aliphatic carbocycles. The number of anilines is 2. The lowest BCUT2D eigenvalue weighted by molar-refractivity contribution is -0.123. The van der Waals surface area contributed by atoms with E-state index in [4.69, 9.17) is 18.9 Å². The molecule has 0 aromatic heterocycles. The summed E-state index contributed by atoms with van der Waals surface area (Å²) in [6.07, 6.45) is -1.72. The maximum Gasteiger partial charge on any atom is 0.411 e. The second kappa shape index (κ2) is 10.7. The van der Waals surface area contributed by atoms with Gasteiger partial charge in [0.1, 0.15) is 11.5 Å². The molecule has 0 saturated heterocycles. The summed E-state index contributed by atoms with van der Waals surface area (Å²) in [5.74, 6) is -0.305. The fraction of sp³-hybridized carbons (Fsp3) is 0.286. The molecule has 0 bridgehead atoms. The fourth-order valence-corrected chi connectivity index (χ4v) is 2.44. The molecule has 9 nitrogen and oxygen atoms in total. The van der Waals surface area contributed by atoms with E-state index in [9.17, 15) is 14.4 Å². The second-order valence-electron chi connectivity index (χ2n) is 6.03. The minimum atomic E-state index is -1.09. The van der Waals surface area contributed by atoms with E-state index < -0.39 is 24.1 Å². The molecular weight excluding hydrogens is 392 g/mol. The molecule has 1 atom stereocenters. The summed E-state index contributed by atoms with van der Waals surface area (Å²) < 4.78 is 20.4. The maximum atomic E-state index is 12.5. The number of hydrogen-bond donors (Lipinski definition) is 2. The molecule has 0 heterocycles. The number of esters is 1. The normalized spacial score (nSPS) is 11.1. The van der Waals surface area contributed by atoms with Crippen LogP contribution in [0.1, 0.15) is 24.2 Å². The van der Waals surface area contributed by atoms with Gasteiger partial charge in [-0.1, -0.05) is 6.07 Å². The Morgan fingerprint density at radius 2 is 1.77 bits per heavy atom. The second-order valence-corrected chi connectivity index (χ2v) is 6.03. The van der Waals surface area contributed by atoms with Gasteiger partial charge < -0.3 is 24.3 Å². The zero-order valence-electron chi connectivity index (χ0n) is 17.2. The summed E-state index contributed by atoms with van der Waals surface area (Å²) >= 11 is 0. The van der Waals surface area contributed by atoms with Gasteiger partial charge in [-0.2, -0.15) is 0 Å². The third-order valence-electron chi connectivity index (χ3n) is 3.94. The van der Waals surface area contributed by atoms with Crippen LogP contribution in [0.25, 0.3) is 0 Å². The third-order valence-corrected chi connectivity index (χ3v) is 3.94. The van der Waals surface area contributed by atoms with Crippen molar-refractivity contribution in [2.45, 2.75) is 20.0 Å². The average molecular weight is 416 g/mol. The van der Waals surface area contributed by atoms with Crippen molar-refractivity contribution in [1.29, 1.82) is 0 Å². The van der Waals surface area contributed by atoms with Crippen molar-refractivity contribution < 1.29 is 33.3 Å². The van der Waals surface area contributed by atoms with Gasteiger partial charge in [0.25, 0.3) is 5.91 Å². The Balaban J connectivity index is 2.03. The third kappa shape index (κ3) is 6.13. The highest BCUT2D eigenvalue weighted by atomic mass is 16.6. The Morgan fingerprint density at radius 3 is 2.43 bits per heavy atom. The Hall–Kier alpha value is -3.75. The van der Waals surface area contributed by atoms with Crippen LogP contribution in [0.3, 0.4) is 0 Å². The van der Waals surface area contributed by atoms with Crippen LogP contribution in [-0.2, 0) is 14.3 Å². The Labute approximate surface area is 174 Å². The van der Waals surface area contributed by atoms with Crippen LogP contribution in [0.4, 0.5) is 16.2 Å². The monoisotopic (exact) mass is 416 g/mol. The van der Waals surface area contributed by atoms with Gasteiger partial charge in [0.2, 0.25) is 0 Å². The van der Waals surface area contributed by atoms with Crippen molar-refractivity contribution in [3.8, 4) is 11.5 Å². The summed E-state index contributed by atoms with van der Waals surface area (Å²) in [6.45, 7) is 3.35. The van der Waals surface area contributed by atoms with Crippen LogP contribution in [0.2, 0.25) is 0 Å². The van der Waals surface area contributed by atoms with Gasteiger partial charge in [0.05, 0.1) is 32.1 Å². The highest BCUT2D eigenvalue weighted by Crippen LogP contribution is 2.29. The zero-order chi connectivity index (χ0) is 22.1. The van der Waals surface area contributed by atoms with E-state index in [0.29, 0.717) is 22.9 Å². The predicted octanol–water partition coefficient (Wildman–Crippen LogP) is 3.46. The lowest BCUT2D eigenvalue weighted by Gasteiger charge is -2.16. The van der Waals surface area contributed by atoms with Crippen LogP contribution in [0.15, 0.2) is 42.5 Å². The first-order chi connectivity index (χ1) is 14.4. The summed E-state index contributed by atoms with van der Waals surface area (Å²) in [5.41, 5.74) is 0.911. The molecule has 2 amide bonds. The summed E-state index contributed by atoms with van der Waals surface area (Å²) in [5, 5.41) is 5.15. The van der Waals surface area contributed by atoms with Gasteiger partial charge in [-0.3, -0.25) is 10.1 Å². The van der Waals surface area contributed by atoms with Crippen molar-refractivity contribution in [3.05, 3.63) is 48.0 Å². The first-order valence-electron chi connectivity index (χ1n) is 9.15. The largest absolute Gasteiger partial charge is 0.497 e. The van der Waals surface area contributed by atoms with Crippen molar-refractivity contribution in [2.24, 2.45) is 0 Å². The minimum Gasteiger partial charge on any atom is -0.497 e. The molecule has 0 aliphatic rings. The average Bonchev–Trinajstić information content (AvgIpc) is 2.73. The van der Waals surface area contributed by atoms with Crippen molar-refractivity contribution >= 4 is 29.3 Å². The Morgan fingerprint density at radius 1 is 1.00 bits per heavy atom. The number of amides is 2. The molecule has 160 valence electrons. The van der Waals surface area contributed by atoms with E-state index >= 15 is 0 Å². The van der Waals surface area contributed by atoms with Gasteiger partial charge >= 0.3 is 12.1 Å². The number of rotatable bonds is 8. The summed E-state index contributed by atoms with van der Waals surface area (Å²) in [6, 6.07) is 11.0. The van der Waals surface area contributed by atoms with E-state index in [1.807, 2.05) is 0 Å². The number of benzene rings is 2. The Bertz CT molecular complexity index is 914. The molecule has 2 rings (SSSR count). The lowest BCUT2D eigenvalue weighted by atomic mass is 10.2. The SMILES string of the molecule is CCOC(=O)Nc1cccc(C(=O)OC(C)C(=O)Nc2cc(OC)ccc2OC)c1. The highest BCUT2D eigenvalue weighted by Gasteiger charge is 2.21. The van der Waals surface area contributed by atoms with Crippen LogP contribution in [0.5, 0.6) is 11.5 Å². The molecule has 0 fully saturated rings. The fourth-order valence-electron chi connectivity index (χ4n) is 2.44. The van der Waals surface area contributed by atoms with Crippen LogP contribution in [0, 0.1) is 0 Å². The van der Waals surface area contributed by atoms with Gasteiger partial charge in [-0.25, -0.2) is 9.59 Å². The zero-order valence-corrected chi connectivity index (χ0v) is 17.2. The van der Waals surface area contributed by atoms with Gasteiger partial charge in [-0.05, 0) is 44.2 Å². The molecule has 2 N–H and O–H groups in total. The first kappa shape index (κ1) is 22.5. The molecule has 0 saturated carbocycles. The molecular formula is C21H24N2O7. The number of hydrogen-bond acceptors (Lipinski definition) is 7. The lowest BCUT2D eigenvalue weighted by Crippen LogP contribution is -2.30. The topological polar surface area (TPSA) is 112 Å². The summed E-state index contributed by atoms with van der Waals surface area (Å²) in [7, 11) is 2.97. The van der Waals surface area contributed by atoms with E-state index in [2.05, 4.69) is 10.6 Å². The number of nitrogens with one attached hydrogen (secondary N) is 2. The first-order valence-corrected chi connectivity index (χ1v) is 9.15. The van der Waals surface area contributed by atoms with E-state index in [1.165, 1.54) is 33.3 Å². The van der Waals surface area contributed by atoms with Crippen molar-refractivity contribution in [1.82, 2.24) is 0 Å². The Kier molecular flexibility index (Phi) is 8.04.